The van der Waals surface area contributed by atoms with Gasteiger partial charge in [0.05, 0.1) is 5.52 Å². The molecule has 0 radical (unpaired) electrons. The van der Waals surface area contributed by atoms with Crippen molar-refractivity contribution < 1.29 is 9.90 Å². The number of carbonyl (C=O) groups is 1. The highest BCUT2D eigenvalue weighted by Crippen LogP contribution is 2.19. The topological polar surface area (TPSA) is 104 Å². The molecule has 2 rings (SSSR count). The fourth-order valence-corrected chi connectivity index (χ4v) is 1.91. The number of nitrogens with zero attached hydrogens (tertiary/aromatic N) is 1. The SMILES string of the molecule is CC(C)(CCO)NC(=O)c1n[nH]c2ccc(N)cc12. The average molecular weight is 262 g/mol. The minimum absolute atomic E-state index is 0.0154. The number of aromatic amines is 1. The first-order valence-electron chi connectivity index (χ1n) is 6.10. The van der Waals surface area contributed by atoms with Gasteiger partial charge in [-0.05, 0) is 38.5 Å². The first-order chi connectivity index (χ1) is 8.93. The zero-order valence-corrected chi connectivity index (χ0v) is 11.0. The Hall–Kier alpha value is -2.08. The monoisotopic (exact) mass is 262 g/mol. The van der Waals surface area contributed by atoms with Gasteiger partial charge in [-0.25, -0.2) is 0 Å². The molecule has 0 unspecified atom stereocenters. The number of nitrogen functional groups attached to an aromatic ring is 1. The van der Waals surface area contributed by atoms with Gasteiger partial charge < -0.3 is 16.2 Å². The smallest absolute Gasteiger partial charge is 0.272 e. The Balaban J connectivity index is 2.29. The van der Waals surface area contributed by atoms with Crippen LogP contribution in [0.2, 0.25) is 0 Å². The molecule has 0 bridgehead atoms. The lowest BCUT2D eigenvalue weighted by Crippen LogP contribution is -2.44. The summed E-state index contributed by atoms with van der Waals surface area (Å²) in [6.45, 7) is 3.72. The third kappa shape index (κ3) is 2.85. The van der Waals surface area contributed by atoms with Crippen molar-refractivity contribution in [3.63, 3.8) is 0 Å². The van der Waals surface area contributed by atoms with Crippen molar-refractivity contribution in [2.75, 3.05) is 12.3 Å². The van der Waals surface area contributed by atoms with Crippen molar-refractivity contribution in [3.8, 4) is 0 Å². The number of aliphatic hydroxyl groups excluding tert-OH is 1. The molecule has 0 aliphatic heterocycles. The van der Waals surface area contributed by atoms with Crippen LogP contribution in [0.4, 0.5) is 5.69 Å². The van der Waals surface area contributed by atoms with E-state index < -0.39 is 5.54 Å². The van der Waals surface area contributed by atoms with E-state index in [9.17, 15) is 4.79 Å². The van der Waals surface area contributed by atoms with Crippen LogP contribution in [-0.4, -0.2) is 33.4 Å². The van der Waals surface area contributed by atoms with E-state index in [1.165, 1.54) is 0 Å². The lowest BCUT2D eigenvalue weighted by molar-refractivity contribution is 0.0896. The predicted octanol–water partition coefficient (Wildman–Crippen LogP) is 1.04. The van der Waals surface area contributed by atoms with Gasteiger partial charge >= 0.3 is 0 Å². The zero-order valence-electron chi connectivity index (χ0n) is 11.0. The number of fused-ring (bicyclic) bond motifs is 1. The van der Waals surface area contributed by atoms with Gasteiger partial charge in [-0.15, -0.1) is 0 Å². The third-order valence-corrected chi connectivity index (χ3v) is 2.99. The van der Waals surface area contributed by atoms with Crippen molar-refractivity contribution in [2.24, 2.45) is 0 Å². The highest BCUT2D eigenvalue weighted by molar-refractivity contribution is 6.05. The van der Waals surface area contributed by atoms with E-state index in [-0.39, 0.29) is 12.5 Å². The van der Waals surface area contributed by atoms with E-state index in [0.29, 0.717) is 23.2 Å². The summed E-state index contributed by atoms with van der Waals surface area (Å²) in [5, 5.41) is 19.3. The maximum absolute atomic E-state index is 12.2. The lowest BCUT2D eigenvalue weighted by atomic mass is 10.0. The molecule has 19 heavy (non-hydrogen) atoms. The van der Waals surface area contributed by atoms with E-state index in [1.807, 2.05) is 13.8 Å². The van der Waals surface area contributed by atoms with Gasteiger partial charge in [0, 0.05) is 23.2 Å². The summed E-state index contributed by atoms with van der Waals surface area (Å²) in [4.78, 5) is 12.2. The second kappa shape index (κ2) is 4.89. The number of nitrogens with two attached hydrogens (primary N) is 1. The molecule has 5 N–H and O–H groups in total. The third-order valence-electron chi connectivity index (χ3n) is 2.99. The number of carbonyl (C=O) groups excluding carboxylic acids is 1. The van der Waals surface area contributed by atoms with E-state index in [1.54, 1.807) is 18.2 Å². The number of benzene rings is 1. The van der Waals surface area contributed by atoms with Crippen LogP contribution in [0.25, 0.3) is 10.9 Å². The van der Waals surface area contributed by atoms with Gasteiger partial charge in [0.15, 0.2) is 5.69 Å². The Labute approximate surface area is 111 Å². The molecule has 1 aromatic carbocycles. The molecule has 0 aliphatic rings. The highest BCUT2D eigenvalue weighted by Gasteiger charge is 2.23. The molecule has 0 saturated heterocycles. The lowest BCUT2D eigenvalue weighted by Gasteiger charge is -2.24. The summed E-state index contributed by atoms with van der Waals surface area (Å²) < 4.78 is 0. The summed E-state index contributed by atoms with van der Waals surface area (Å²) in [6, 6.07) is 5.25. The summed E-state index contributed by atoms with van der Waals surface area (Å²) in [6.07, 6.45) is 0.475. The quantitative estimate of drug-likeness (QED) is 0.618. The molecule has 0 fully saturated rings. The van der Waals surface area contributed by atoms with Crippen LogP contribution >= 0.6 is 0 Å². The standard InChI is InChI=1S/C13H18N4O2/c1-13(2,5-6-18)15-12(19)11-9-7-8(14)3-4-10(9)16-17-11/h3-4,7,18H,5-6,14H2,1-2H3,(H,15,19)(H,16,17). The van der Waals surface area contributed by atoms with Crippen LogP contribution in [-0.2, 0) is 0 Å². The largest absolute Gasteiger partial charge is 0.399 e. The Morgan fingerprint density at radius 3 is 2.95 bits per heavy atom. The molecule has 6 nitrogen and oxygen atoms in total. The second-order valence-corrected chi connectivity index (χ2v) is 5.19. The van der Waals surface area contributed by atoms with Gasteiger partial charge in [0.2, 0.25) is 0 Å². The van der Waals surface area contributed by atoms with Crippen LogP contribution in [0.5, 0.6) is 0 Å². The fraction of sp³-hybridized carbons (Fsp3) is 0.385. The van der Waals surface area contributed by atoms with E-state index in [4.69, 9.17) is 10.8 Å². The molecule has 0 aliphatic carbocycles. The Morgan fingerprint density at radius 1 is 1.53 bits per heavy atom. The summed E-state index contributed by atoms with van der Waals surface area (Å²) >= 11 is 0. The molecule has 0 spiro atoms. The van der Waals surface area contributed by atoms with Crippen molar-refractivity contribution >= 4 is 22.5 Å². The summed E-state index contributed by atoms with van der Waals surface area (Å²) in [5.41, 5.74) is 6.89. The van der Waals surface area contributed by atoms with Gasteiger partial charge in [0.25, 0.3) is 5.91 Å². The predicted molar refractivity (Wildman–Crippen MR) is 73.8 cm³/mol. The molecule has 6 heteroatoms. The molecule has 0 atom stereocenters. The molecular formula is C13H18N4O2. The normalized spacial score (nSPS) is 11.7. The van der Waals surface area contributed by atoms with Crippen LogP contribution < -0.4 is 11.1 Å². The summed E-state index contributed by atoms with van der Waals surface area (Å²) in [5.74, 6) is -0.282. The Morgan fingerprint density at radius 2 is 2.26 bits per heavy atom. The molecule has 1 heterocycles. The number of nitrogens with one attached hydrogen (secondary N) is 2. The fourth-order valence-electron chi connectivity index (χ4n) is 1.91. The molecule has 102 valence electrons. The number of hydrogen-bond donors (Lipinski definition) is 4. The first-order valence-corrected chi connectivity index (χ1v) is 6.10. The molecular weight excluding hydrogens is 244 g/mol. The van der Waals surface area contributed by atoms with Crippen LogP contribution in [0.3, 0.4) is 0 Å². The molecule has 1 aromatic heterocycles. The summed E-state index contributed by atoms with van der Waals surface area (Å²) in [7, 11) is 0. The van der Waals surface area contributed by atoms with Crippen molar-refractivity contribution in [1.29, 1.82) is 0 Å². The number of anilines is 1. The van der Waals surface area contributed by atoms with Gasteiger partial charge in [-0.3, -0.25) is 9.89 Å². The Bertz CT molecular complexity index is 604. The number of rotatable bonds is 4. The van der Waals surface area contributed by atoms with Gasteiger partial charge in [-0.1, -0.05) is 0 Å². The maximum atomic E-state index is 12.2. The molecule has 1 amide bonds. The van der Waals surface area contributed by atoms with Crippen LogP contribution in [0, 0.1) is 0 Å². The van der Waals surface area contributed by atoms with E-state index >= 15 is 0 Å². The van der Waals surface area contributed by atoms with Crippen molar-refractivity contribution in [3.05, 3.63) is 23.9 Å². The second-order valence-electron chi connectivity index (χ2n) is 5.19. The number of H-pyrrole nitrogens is 1. The number of aromatic nitrogens is 2. The first kappa shape index (κ1) is 13.4. The number of hydrogen-bond acceptors (Lipinski definition) is 4. The van der Waals surface area contributed by atoms with Gasteiger partial charge in [0.1, 0.15) is 0 Å². The number of aliphatic hydroxyl groups is 1. The Kier molecular flexibility index (Phi) is 3.44. The van der Waals surface area contributed by atoms with Crippen LogP contribution in [0.15, 0.2) is 18.2 Å². The maximum Gasteiger partial charge on any atom is 0.272 e. The van der Waals surface area contributed by atoms with Crippen molar-refractivity contribution in [2.45, 2.75) is 25.8 Å². The minimum Gasteiger partial charge on any atom is -0.399 e. The number of amides is 1. The molecule has 0 saturated carbocycles. The van der Waals surface area contributed by atoms with Crippen molar-refractivity contribution in [1.82, 2.24) is 15.5 Å². The van der Waals surface area contributed by atoms with Gasteiger partial charge in [-0.2, -0.15) is 5.10 Å². The average Bonchev–Trinajstić information content (AvgIpc) is 2.70. The highest BCUT2D eigenvalue weighted by atomic mass is 16.3. The van der Waals surface area contributed by atoms with E-state index in [2.05, 4.69) is 15.5 Å². The van der Waals surface area contributed by atoms with Crippen LogP contribution in [0.1, 0.15) is 30.8 Å². The van der Waals surface area contributed by atoms with E-state index in [0.717, 1.165) is 5.52 Å². The minimum atomic E-state index is -0.489. The zero-order chi connectivity index (χ0) is 14.0. The molecule has 2 aromatic rings.